The van der Waals surface area contributed by atoms with Gasteiger partial charge in [-0.1, -0.05) is 35.5 Å². The summed E-state index contributed by atoms with van der Waals surface area (Å²) >= 11 is 7.41. The van der Waals surface area contributed by atoms with Crippen molar-refractivity contribution in [1.82, 2.24) is 0 Å². The SMILES string of the molecule is CC(=O)SCCC=Cc1cc(C)c(N)cc1Cl. The molecule has 0 aliphatic rings. The van der Waals surface area contributed by atoms with Crippen LogP contribution in [0.5, 0.6) is 0 Å². The van der Waals surface area contributed by atoms with Gasteiger partial charge in [-0.05, 0) is 36.6 Å². The van der Waals surface area contributed by atoms with Crippen LogP contribution in [0.1, 0.15) is 24.5 Å². The first-order valence-electron chi connectivity index (χ1n) is 5.36. The Morgan fingerprint density at radius 3 is 2.88 bits per heavy atom. The average Bonchev–Trinajstić information content (AvgIpc) is 2.24. The van der Waals surface area contributed by atoms with E-state index in [1.165, 1.54) is 11.8 Å². The van der Waals surface area contributed by atoms with Crippen LogP contribution in [0.3, 0.4) is 0 Å². The zero-order valence-electron chi connectivity index (χ0n) is 10.00. The lowest BCUT2D eigenvalue weighted by molar-refractivity contribution is -0.109. The molecule has 4 heteroatoms. The van der Waals surface area contributed by atoms with Crippen LogP contribution in [0.4, 0.5) is 5.69 Å². The number of nitrogens with two attached hydrogens (primary N) is 1. The molecule has 0 saturated carbocycles. The molecule has 0 amide bonds. The Hall–Kier alpha value is -0.930. The van der Waals surface area contributed by atoms with Gasteiger partial charge < -0.3 is 5.73 Å². The van der Waals surface area contributed by atoms with Crippen LogP contribution >= 0.6 is 23.4 Å². The van der Waals surface area contributed by atoms with E-state index in [0.29, 0.717) is 10.7 Å². The minimum absolute atomic E-state index is 0.153. The third-order valence-corrected chi connectivity index (χ3v) is 3.45. The van der Waals surface area contributed by atoms with Gasteiger partial charge in [0.1, 0.15) is 0 Å². The molecule has 92 valence electrons. The molecular weight excluding hydrogens is 254 g/mol. The van der Waals surface area contributed by atoms with Crippen LogP contribution in [0, 0.1) is 6.92 Å². The van der Waals surface area contributed by atoms with Gasteiger partial charge >= 0.3 is 0 Å². The predicted molar refractivity (Wildman–Crippen MR) is 77.4 cm³/mol. The highest BCUT2D eigenvalue weighted by atomic mass is 35.5. The Labute approximate surface area is 111 Å². The van der Waals surface area contributed by atoms with Crippen molar-refractivity contribution in [2.45, 2.75) is 20.3 Å². The molecule has 0 saturated heterocycles. The molecule has 17 heavy (non-hydrogen) atoms. The predicted octanol–water partition coefficient (Wildman–Crippen LogP) is 3.91. The van der Waals surface area contributed by atoms with Gasteiger partial charge in [-0.15, -0.1) is 0 Å². The molecule has 1 aromatic carbocycles. The number of benzene rings is 1. The minimum atomic E-state index is 0.153. The van der Waals surface area contributed by atoms with Gasteiger partial charge in [0.05, 0.1) is 0 Å². The molecule has 0 aliphatic carbocycles. The maximum atomic E-state index is 10.7. The molecule has 2 nitrogen and oxygen atoms in total. The fourth-order valence-corrected chi connectivity index (χ4v) is 2.10. The summed E-state index contributed by atoms with van der Waals surface area (Å²) in [6.07, 6.45) is 4.84. The number of allylic oxidation sites excluding steroid dienone is 1. The number of carbonyl (C=O) groups excluding carboxylic acids is 1. The van der Waals surface area contributed by atoms with E-state index in [-0.39, 0.29) is 5.12 Å². The van der Waals surface area contributed by atoms with Crippen molar-refractivity contribution in [2.24, 2.45) is 0 Å². The number of carbonyl (C=O) groups is 1. The molecular formula is C13H16ClNOS. The highest BCUT2D eigenvalue weighted by Gasteiger charge is 2.00. The fraction of sp³-hybridized carbons (Fsp3) is 0.308. The van der Waals surface area contributed by atoms with Gasteiger partial charge in [0, 0.05) is 23.4 Å². The molecule has 0 aromatic heterocycles. The van der Waals surface area contributed by atoms with Gasteiger partial charge in [0.25, 0.3) is 0 Å². The second-order valence-electron chi connectivity index (χ2n) is 3.76. The minimum Gasteiger partial charge on any atom is -0.398 e. The van der Waals surface area contributed by atoms with E-state index in [1.807, 2.05) is 25.1 Å². The van der Waals surface area contributed by atoms with E-state index in [9.17, 15) is 4.79 Å². The molecule has 0 atom stereocenters. The van der Waals surface area contributed by atoms with Crippen molar-refractivity contribution < 1.29 is 4.79 Å². The lowest BCUT2D eigenvalue weighted by Crippen LogP contribution is -1.90. The van der Waals surface area contributed by atoms with Gasteiger partial charge in [0.2, 0.25) is 0 Å². The molecule has 0 radical (unpaired) electrons. The van der Waals surface area contributed by atoms with Crippen molar-refractivity contribution in [2.75, 3.05) is 11.5 Å². The quantitative estimate of drug-likeness (QED) is 0.666. The highest BCUT2D eigenvalue weighted by Crippen LogP contribution is 2.24. The molecule has 1 aromatic rings. The van der Waals surface area contributed by atoms with E-state index in [1.54, 1.807) is 13.0 Å². The Morgan fingerprint density at radius 2 is 2.24 bits per heavy atom. The van der Waals surface area contributed by atoms with E-state index in [2.05, 4.69) is 0 Å². The number of aryl methyl sites for hydroxylation is 1. The zero-order valence-corrected chi connectivity index (χ0v) is 11.6. The van der Waals surface area contributed by atoms with Crippen molar-refractivity contribution in [3.8, 4) is 0 Å². The summed E-state index contributed by atoms with van der Waals surface area (Å²) in [6, 6.07) is 3.73. The second kappa shape index (κ2) is 6.72. The normalized spacial score (nSPS) is 11.0. The third kappa shape index (κ3) is 4.84. The summed E-state index contributed by atoms with van der Waals surface area (Å²) in [5.74, 6) is 0.803. The van der Waals surface area contributed by atoms with Crippen LogP contribution in [0.25, 0.3) is 6.08 Å². The molecule has 0 spiro atoms. The number of hydrogen-bond donors (Lipinski definition) is 1. The van der Waals surface area contributed by atoms with E-state index in [0.717, 1.165) is 23.3 Å². The molecule has 0 bridgehead atoms. The molecule has 2 N–H and O–H groups in total. The van der Waals surface area contributed by atoms with Crippen molar-refractivity contribution in [1.29, 1.82) is 0 Å². The second-order valence-corrected chi connectivity index (χ2v) is 5.44. The largest absolute Gasteiger partial charge is 0.398 e. The third-order valence-electron chi connectivity index (χ3n) is 2.27. The molecule has 0 unspecified atom stereocenters. The van der Waals surface area contributed by atoms with Crippen LogP contribution in [0.15, 0.2) is 18.2 Å². The van der Waals surface area contributed by atoms with E-state index >= 15 is 0 Å². The fourth-order valence-electron chi connectivity index (χ4n) is 1.33. The van der Waals surface area contributed by atoms with Gasteiger partial charge in [-0.2, -0.15) is 0 Å². The number of anilines is 1. The highest BCUT2D eigenvalue weighted by molar-refractivity contribution is 8.13. The van der Waals surface area contributed by atoms with Crippen molar-refractivity contribution >= 4 is 40.2 Å². The molecule has 1 rings (SSSR count). The monoisotopic (exact) mass is 269 g/mol. The summed E-state index contributed by atoms with van der Waals surface area (Å²) in [6.45, 7) is 3.53. The summed E-state index contributed by atoms with van der Waals surface area (Å²) in [4.78, 5) is 10.7. The summed E-state index contributed by atoms with van der Waals surface area (Å²) in [7, 11) is 0. The lowest BCUT2D eigenvalue weighted by Gasteiger charge is -2.04. The maximum Gasteiger partial charge on any atom is 0.185 e. The summed E-state index contributed by atoms with van der Waals surface area (Å²) in [5, 5.41) is 0.809. The van der Waals surface area contributed by atoms with Gasteiger partial charge in [-0.25, -0.2) is 0 Å². The summed E-state index contributed by atoms with van der Waals surface area (Å²) in [5.41, 5.74) is 8.44. The first-order chi connectivity index (χ1) is 8.00. The average molecular weight is 270 g/mol. The Balaban J connectivity index is 2.59. The molecule has 0 aliphatic heterocycles. The van der Waals surface area contributed by atoms with E-state index in [4.69, 9.17) is 17.3 Å². The molecule has 0 heterocycles. The number of thioether (sulfide) groups is 1. The molecule has 0 fully saturated rings. The first kappa shape index (κ1) is 14.1. The number of nitrogen functional groups attached to an aromatic ring is 1. The number of rotatable bonds is 4. The van der Waals surface area contributed by atoms with Gasteiger partial charge in [0.15, 0.2) is 5.12 Å². The summed E-state index contributed by atoms with van der Waals surface area (Å²) < 4.78 is 0. The number of hydrogen-bond acceptors (Lipinski definition) is 3. The van der Waals surface area contributed by atoms with Crippen LogP contribution < -0.4 is 5.73 Å². The van der Waals surface area contributed by atoms with Crippen LogP contribution in [-0.2, 0) is 4.79 Å². The standard InChI is InChI=1S/C13H16ClNOS/c1-9-7-11(12(14)8-13(9)15)5-3-4-6-17-10(2)16/h3,5,7-8H,4,6,15H2,1-2H3. The zero-order chi connectivity index (χ0) is 12.8. The Bertz CT molecular complexity index is 443. The van der Waals surface area contributed by atoms with Crippen LogP contribution in [0.2, 0.25) is 5.02 Å². The van der Waals surface area contributed by atoms with Crippen molar-refractivity contribution in [3.63, 3.8) is 0 Å². The first-order valence-corrected chi connectivity index (χ1v) is 6.72. The topological polar surface area (TPSA) is 43.1 Å². The van der Waals surface area contributed by atoms with Crippen molar-refractivity contribution in [3.05, 3.63) is 34.4 Å². The Kier molecular flexibility index (Phi) is 5.59. The number of halogens is 1. The van der Waals surface area contributed by atoms with Crippen LogP contribution in [-0.4, -0.2) is 10.9 Å². The van der Waals surface area contributed by atoms with E-state index < -0.39 is 0 Å². The Morgan fingerprint density at radius 1 is 1.53 bits per heavy atom. The lowest BCUT2D eigenvalue weighted by atomic mass is 10.1. The van der Waals surface area contributed by atoms with Gasteiger partial charge in [-0.3, -0.25) is 4.79 Å². The smallest absolute Gasteiger partial charge is 0.185 e. The maximum absolute atomic E-state index is 10.7.